The van der Waals surface area contributed by atoms with Crippen LogP contribution in [0.2, 0.25) is 0 Å². The molecule has 0 radical (unpaired) electrons. The predicted octanol–water partition coefficient (Wildman–Crippen LogP) is 3.69. The molecule has 5 rings (SSSR count). The minimum atomic E-state index is -0.169. The van der Waals surface area contributed by atoms with Crippen molar-refractivity contribution in [1.82, 2.24) is 10.3 Å². The summed E-state index contributed by atoms with van der Waals surface area (Å²) in [6.45, 7) is 5.90. The maximum absolute atomic E-state index is 12.9. The lowest BCUT2D eigenvalue weighted by Crippen LogP contribution is -2.43. The lowest BCUT2D eigenvalue weighted by molar-refractivity contribution is 0.102. The van der Waals surface area contributed by atoms with Crippen LogP contribution in [0.3, 0.4) is 0 Å². The number of aromatic nitrogens is 1. The molecule has 1 aliphatic heterocycles. The summed E-state index contributed by atoms with van der Waals surface area (Å²) in [5.41, 5.74) is 6.46. The van der Waals surface area contributed by atoms with Gasteiger partial charge in [-0.05, 0) is 43.0 Å². The molecule has 1 unspecified atom stereocenters. The number of hydrogen-bond donors (Lipinski definition) is 3. The summed E-state index contributed by atoms with van der Waals surface area (Å²) in [5, 5.41) is 12.6. The van der Waals surface area contributed by atoms with Gasteiger partial charge >= 0.3 is 0 Å². The summed E-state index contributed by atoms with van der Waals surface area (Å²) >= 11 is 1.49. The number of aryl methyl sites for hydroxylation is 1. The molecular weight excluding hydrogens is 406 g/mol. The van der Waals surface area contributed by atoms with E-state index in [9.17, 15) is 4.79 Å². The molecule has 1 aliphatic carbocycles. The second-order valence-electron chi connectivity index (χ2n) is 8.27. The summed E-state index contributed by atoms with van der Waals surface area (Å²) in [6.07, 6.45) is 1.99. The van der Waals surface area contributed by atoms with Gasteiger partial charge in [-0.15, -0.1) is 11.3 Å². The fourth-order valence-corrected chi connectivity index (χ4v) is 5.18. The Bertz CT molecular complexity index is 1090. The molecule has 1 aromatic heterocycles. The van der Waals surface area contributed by atoms with Gasteiger partial charge in [-0.3, -0.25) is 4.79 Å². The number of fused-ring (bicyclic) bond motifs is 1. The Morgan fingerprint density at radius 1 is 1.13 bits per heavy atom. The van der Waals surface area contributed by atoms with Crippen LogP contribution in [0, 0.1) is 6.92 Å². The predicted molar refractivity (Wildman–Crippen MR) is 128 cm³/mol. The number of carbonyl (C=O) groups is 1. The molecule has 31 heavy (non-hydrogen) atoms. The van der Waals surface area contributed by atoms with Crippen LogP contribution in [0.4, 0.5) is 16.5 Å². The number of carbonyl (C=O) groups excluding carboxylic acids is 1. The topological polar surface area (TPSA) is 69.3 Å². The summed E-state index contributed by atoms with van der Waals surface area (Å²) in [4.78, 5) is 19.8. The van der Waals surface area contributed by atoms with E-state index in [2.05, 4.69) is 57.0 Å². The highest BCUT2D eigenvalue weighted by Crippen LogP contribution is 2.29. The Hall–Kier alpha value is -2.90. The van der Waals surface area contributed by atoms with Gasteiger partial charge in [0.25, 0.3) is 5.91 Å². The number of amides is 1. The molecule has 3 aromatic rings. The van der Waals surface area contributed by atoms with Crippen LogP contribution in [0.1, 0.15) is 27.2 Å². The highest BCUT2D eigenvalue weighted by Gasteiger charge is 2.23. The van der Waals surface area contributed by atoms with Gasteiger partial charge < -0.3 is 20.9 Å². The van der Waals surface area contributed by atoms with Crippen LogP contribution in [0.25, 0.3) is 0 Å². The normalized spacial score (nSPS) is 18.0. The average molecular weight is 434 g/mol. The van der Waals surface area contributed by atoms with Crippen LogP contribution < -0.4 is 20.9 Å². The van der Waals surface area contributed by atoms with Crippen LogP contribution in [0.5, 0.6) is 0 Å². The molecule has 2 aromatic carbocycles. The van der Waals surface area contributed by atoms with E-state index in [4.69, 9.17) is 0 Å². The molecule has 6 nitrogen and oxygen atoms in total. The van der Waals surface area contributed by atoms with E-state index in [0.29, 0.717) is 11.7 Å². The molecule has 7 heteroatoms. The molecule has 2 aliphatic rings. The van der Waals surface area contributed by atoms with Crippen molar-refractivity contribution < 1.29 is 4.79 Å². The maximum atomic E-state index is 12.9. The number of benzene rings is 2. The molecular formula is C24H27N5OS. The van der Waals surface area contributed by atoms with Crippen LogP contribution >= 0.6 is 11.3 Å². The second kappa shape index (κ2) is 8.69. The molecule has 0 spiro atoms. The number of nitrogens with zero attached hydrogens (tertiary/aromatic N) is 2. The number of anilines is 3. The van der Waals surface area contributed by atoms with Crippen LogP contribution in [0.15, 0.2) is 47.8 Å². The number of thiazole rings is 1. The largest absolute Gasteiger partial charge is 0.367 e. The minimum Gasteiger partial charge on any atom is -0.367 e. The highest BCUT2D eigenvalue weighted by atomic mass is 32.1. The number of nitrogens with one attached hydrogen (secondary N) is 3. The maximum Gasteiger partial charge on any atom is 0.275 e. The van der Waals surface area contributed by atoms with E-state index in [0.717, 1.165) is 55.5 Å². The van der Waals surface area contributed by atoms with Crippen molar-refractivity contribution in [2.24, 2.45) is 0 Å². The van der Waals surface area contributed by atoms with E-state index in [-0.39, 0.29) is 5.91 Å². The van der Waals surface area contributed by atoms with Crippen molar-refractivity contribution in [3.8, 4) is 0 Å². The molecule has 160 valence electrons. The fraction of sp³-hybridized carbons (Fsp3) is 0.333. The van der Waals surface area contributed by atoms with E-state index in [1.54, 1.807) is 0 Å². The Balaban J connectivity index is 1.24. The molecule has 1 atom stereocenters. The molecule has 3 N–H and O–H groups in total. The van der Waals surface area contributed by atoms with Gasteiger partial charge in [-0.1, -0.05) is 35.9 Å². The van der Waals surface area contributed by atoms with E-state index in [1.807, 2.05) is 23.6 Å². The monoisotopic (exact) mass is 433 g/mol. The molecule has 1 saturated heterocycles. The van der Waals surface area contributed by atoms with Gasteiger partial charge in [-0.25, -0.2) is 4.98 Å². The first-order chi connectivity index (χ1) is 15.2. The first-order valence-corrected chi connectivity index (χ1v) is 11.7. The SMILES string of the molecule is Cc1ccc2c(c1)CC(Nc1nc(C(=O)Nc3ccccc3N3CCNCC3)cs1)C2. The summed E-state index contributed by atoms with van der Waals surface area (Å²) in [6, 6.07) is 15.0. The summed E-state index contributed by atoms with van der Waals surface area (Å²) in [5.74, 6) is -0.169. The van der Waals surface area contributed by atoms with Crippen molar-refractivity contribution in [2.75, 3.05) is 41.7 Å². The van der Waals surface area contributed by atoms with Gasteiger partial charge in [0, 0.05) is 37.6 Å². The number of piperazine rings is 1. The third-order valence-electron chi connectivity index (χ3n) is 5.97. The number of hydrogen-bond acceptors (Lipinski definition) is 6. The van der Waals surface area contributed by atoms with Crippen molar-refractivity contribution in [2.45, 2.75) is 25.8 Å². The number of rotatable bonds is 5. The van der Waals surface area contributed by atoms with Crippen LogP contribution in [-0.2, 0) is 12.8 Å². The van der Waals surface area contributed by atoms with Gasteiger partial charge in [0.05, 0.1) is 11.4 Å². The van der Waals surface area contributed by atoms with Gasteiger partial charge in [-0.2, -0.15) is 0 Å². The third-order valence-corrected chi connectivity index (χ3v) is 6.74. The Labute approximate surface area is 186 Å². The van der Waals surface area contributed by atoms with Gasteiger partial charge in [0.15, 0.2) is 5.13 Å². The van der Waals surface area contributed by atoms with Gasteiger partial charge in [0.1, 0.15) is 5.69 Å². The zero-order valence-corrected chi connectivity index (χ0v) is 18.5. The smallest absolute Gasteiger partial charge is 0.275 e. The molecule has 1 fully saturated rings. The van der Waals surface area contributed by atoms with E-state index < -0.39 is 0 Å². The number of para-hydroxylation sites is 2. The molecule has 1 amide bonds. The first kappa shape index (κ1) is 20.0. The third kappa shape index (κ3) is 4.43. The quantitative estimate of drug-likeness (QED) is 0.573. The highest BCUT2D eigenvalue weighted by molar-refractivity contribution is 7.13. The lowest BCUT2D eigenvalue weighted by atomic mass is 10.1. The second-order valence-corrected chi connectivity index (χ2v) is 9.13. The Kier molecular flexibility index (Phi) is 5.61. The standard InChI is InChI=1S/C24H27N5OS/c1-16-6-7-17-13-19(14-18(17)12-16)26-24-28-21(15-31-24)23(30)27-20-4-2-3-5-22(20)29-10-8-25-9-11-29/h2-7,12,15,19,25H,8-11,13-14H2,1H3,(H,26,28)(H,27,30). The van der Waals surface area contributed by atoms with Crippen LogP contribution in [-0.4, -0.2) is 43.1 Å². The fourth-order valence-electron chi connectivity index (χ4n) is 4.42. The Morgan fingerprint density at radius 3 is 2.81 bits per heavy atom. The molecule has 2 heterocycles. The van der Waals surface area contributed by atoms with Crippen molar-refractivity contribution >= 4 is 33.8 Å². The van der Waals surface area contributed by atoms with Crippen molar-refractivity contribution in [1.29, 1.82) is 0 Å². The molecule has 0 bridgehead atoms. The zero-order chi connectivity index (χ0) is 21.2. The van der Waals surface area contributed by atoms with Crippen molar-refractivity contribution in [3.63, 3.8) is 0 Å². The first-order valence-electron chi connectivity index (χ1n) is 10.8. The zero-order valence-electron chi connectivity index (χ0n) is 17.6. The lowest BCUT2D eigenvalue weighted by Gasteiger charge is -2.31. The summed E-state index contributed by atoms with van der Waals surface area (Å²) < 4.78 is 0. The van der Waals surface area contributed by atoms with E-state index in [1.165, 1.54) is 28.0 Å². The minimum absolute atomic E-state index is 0.169. The van der Waals surface area contributed by atoms with Crippen molar-refractivity contribution in [3.05, 3.63) is 70.2 Å². The van der Waals surface area contributed by atoms with Gasteiger partial charge in [0.2, 0.25) is 0 Å². The summed E-state index contributed by atoms with van der Waals surface area (Å²) in [7, 11) is 0. The average Bonchev–Trinajstić information content (AvgIpc) is 3.41. The Morgan fingerprint density at radius 2 is 1.94 bits per heavy atom. The van der Waals surface area contributed by atoms with E-state index >= 15 is 0 Å². The molecule has 0 saturated carbocycles.